The summed E-state index contributed by atoms with van der Waals surface area (Å²) in [6, 6.07) is 0. The predicted molar refractivity (Wildman–Crippen MR) is 83.0 cm³/mol. The topological polar surface area (TPSA) is 133 Å². The van der Waals surface area contributed by atoms with Crippen LogP contribution in [0.3, 0.4) is 0 Å². The Morgan fingerprint density at radius 3 is 2.00 bits per heavy atom. The molecule has 0 fully saturated rings. The fraction of sp³-hybridized carbons (Fsp3) is 0.625. The minimum Gasteiger partial charge on any atom is -0.481 e. The van der Waals surface area contributed by atoms with Gasteiger partial charge >= 0.3 is 11.9 Å². The molecule has 1 aliphatic carbocycles. The molecule has 0 saturated heterocycles. The lowest BCUT2D eigenvalue weighted by molar-refractivity contribution is -0.177. The Labute approximate surface area is 139 Å². The predicted octanol–water partition coefficient (Wildman–Crippen LogP) is 1.71. The molecule has 1 rings (SSSR count). The largest absolute Gasteiger partial charge is 0.481 e. The first-order valence-electron chi connectivity index (χ1n) is 7.62. The quantitative estimate of drug-likeness (QED) is 0.374. The first kappa shape index (κ1) is 19.5. The van der Waals surface area contributed by atoms with Gasteiger partial charge in [-0.1, -0.05) is 18.6 Å². The average Bonchev–Trinajstić information content (AvgIpc) is 2.55. The van der Waals surface area contributed by atoms with E-state index in [2.05, 4.69) is 9.98 Å². The van der Waals surface area contributed by atoms with Crippen LogP contribution in [0.25, 0.3) is 0 Å². The molecule has 8 nitrogen and oxygen atoms in total. The second kappa shape index (κ2) is 8.34. The lowest BCUT2D eigenvalue weighted by Gasteiger charge is -2.47. The minimum atomic E-state index is -1.63. The van der Waals surface area contributed by atoms with Crippen LogP contribution in [-0.4, -0.2) is 47.4 Å². The molecule has 0 aromatic rings. The molecular formula is C16H20N2O6. The molecule has 0 aromatic heterocycles. The molecule has 0 saturated carbocycles. The van der Waals surface area contributed by atoms with Crippen molar-refractivity contribution in [3.8, 4) is 0 Å². The molecule has 2 unspecified atom stereocenters. The van der Waals surface area contributed by atoms with Gasteiger partial charge in [-0.05, 0) is 32.1 Å². The minimum absolute atomic E-state index is 0.0248. The van der Waals surface area contributed by atoms with Crippen molar-refractivity contribution in [2.75, 3.05) is 13.1 Å². The van der Waals surface area contributed by atoms with Crippen LogP contribution in [-0.2, 0) is 19.2 Å². The van der Waals surface area contributed by atoms with Crippen LogP contribution in [0.1, 0.15) is 39.0 Å². The summed E-state index contributed by atoms with van der Waals surface area (Å²) in [5.41, 5.74) is -2.41. The van der Waals surface area contributed by atoms with Crippen molar-refractivity contribution in [2.45, 2.75) is 39.0 Å². The van der Waals surface area contributed by atoms with E-state index in [1.807, 2.05) is 6.92 Å². The van der Waals surface area contributed by atoms with E-state index in [4.69, 9.17) is 0 Å². The van der Waals surface area contributed by atoms with Gasteiger partial charge < -0.3 is 10.2 Å². The molecular weight excluding hydrogens is 316 g/mol. The van der Waals surface area contributed by atoms with Gasteiger partial charge in [0, 0.05) is 0 Å². The summed E-state index contributed by atoms with van der Waals surface area (Å²) in [6.45, 7) is 1.61. The molecule has 0 heterocycles. The van der Waals surface area contributed by atoms with Crippen LogP contribution >= 0.6 is 0 Å². The number of allylic oxidation sites excluding steroid dienone is 2. The highest BCUT2D eigenvalue weighted by Crippen LogP contribution is 2.55. The lowest BCUT2D eigenvalue weighted by Crippen LogP contribution is -2.55. The number of aliphatic carboxylic acids is 2. The molecule has 0 aliphatic heterocycles. The van der Waals surface area contributed by atoms with E-state index in [1.165, 1.54) is 12.2 Å². The molecule has 0 spiro atoms. The first-order valence-corrected chi connectivity index (χ1v) is 7.62. The van der Waals surface area contributed by atoms with Gasteiger partial charge in [0.2, 0.25) is 12.2 Å². The maximum atomic E-state index is 12.1. The molecule has 0 bridgehead atoms. The fourth-order valence-electron chi connectivity index (χ4n) is 3.45. The maximum absolute atomic E-state index is 12.1. The van der Waals surface area contributed by atoms with Crippen molar-refractivity contribution >= 4 is 24.1 Å². The van der Waals surface area contributed by atoms with E-state index in [0.29, 0.717) is 6.42 Å². The molecule has 2 atom stereocenters. The number of rotatable bonds is 9. The molecule has 0 amide bonds. The SMILES string of the molecule is CCC1=CCC(CCN=C=O)(C(=O)O)C(CCN=C=O)(C(=O)O)C1. The Bertz CT molecular complexity index is 630. The standard InChI is InChI=1S/C16H20N2O6/c1-2-12-3-4-15(13(21)22,5-7-17-10-19)16(9-12,14(23)24)6-8-18-11-20/h3H,2,4-9H2,1H3,(H,21,22)(H,23,24). The van der Waals surface area contributed by atoms with Crippen LogP contribution in [0.4, 0.5) is 0 Å². The summed E-state index contributed by atoms with van der Waals surface area (Å²) >= 11 is 0. The van der Waals surface area contributed by atoms with E-state index in [0.717, 1.165) is 5.57 Å². The van der Waals surface area contributed by atoms with Gasteiger partial charge in [-0.25, -0.2) is 19.6 Å². The van der Waals surface area contributed by atoms with E-state index in [9.17, 15) is 29.4 Å². The number of hydrogen-bond donors (Lipinski definition) is 2. The van der Waals surface area contributed by atoms with Crippen molar-refractivity contribution in [1.29, 1.82) is 0 Å². The average molecular weight is 336 g/mol. The van der Waals surface area contributed by atoms with E-state index < -0.39 is 22.8 Å². The summed E-state index contributed by atoms with van der Waals surface area (Å²) in [7, 11) is 0. The molecule has 0 radical (unpaired) electrons. The summed E-state index contributed by atoms with van der Waals surface area (Å²) in [5, 5.41) is 19.8. The fourth-order valence-corrected chi connectivity index (χ4v) is 3.45. The number of aliphatic imine (C=N–C) groups is 2. The van der Waals surface area contributed by atoms with Crippen LogP contribution < -0.4 is 0 Å². The Morgan fingerprint density at radius 1 is 1.08 bits per heavy atom. The third kappa shape index (κ3) is 3.50. The van der Waals surface area contributed by atoms with E-state index in [-0.39, 0.29) is 38.8 Å². The normalized spacial score (nSPS) is 25.8. The summed E-state index contributed by atoms with van der Waals surface area (Å²) in [4.78, 5) is 51.6. The van der Waals surface area contributed by atoms with E-state index in [1.54, 1.807) is 6.08 Å². The summed E-state index contributed by atoms with van der Waals surface area (Å²) in [6.07, 6.45) is 4.92. The highest BCUT2D eigenvalue weighted by atomic mass is 16.4. The second-order valence-corrected chi connectivity index (χ2v) is 5.82. The van der Waals surface area contributed by atoms with Crippen LogP contribution in [0.2, 0.25) is 0 Å². The number of carboxylic acids is 2. The first-order chi connectivity index (χ1) is 11.4. The molecule has 0 aromatic carbocycles. The number of isocyanates is 2. The zero-order valence-corrected chi connectivity index (χ0v) is 13.4. The Morgan fingerprint density at radius 2 is 1.58 bits per heavy atom. The van der Waals surface area contributed by atoms with Gasteiger partial charge in [-0.2, -0.15) is 0 Å². The molecule has 130 valence electrons. The highest BCUT2D eigenvalue weighted by molar-refractivity contribution is 5.87. The van der Waals surface area contributed by atoms with E-state index >= 15 is 0 Å². The number of nitrogens with zero attached hydrogens (tertiary/aromatic N) is 2. The van der Waals surface area contributed by atoms with Crippen molar-refractivity contribution in [3.05, 3.63) is 11.6 Å². The Balaban J connectivity index is 3.47. The summed E-state index contributed by atoms with van der Waals surface area (Å²) < 4.78 is 0. The van der Waals surface area contributed by atoms with Crippen molar-refractivity contribution in [3.63, 3.8) is 0 Å². The second-order valence-electron chi connectivity index (χ2n) is 5.82. The van der Waals surface area contributed by atoms with Gasteiger partial charge in [-0.3, -0.25) is 9.59 Å². The van der Waals surface area contributed by atoms with Gasteiger partial charge in [0.1, 0.15) is 0 Å². The lowest BCUT2D eigenvalue weighted by atomic mass is 9.53. The number of carboxylic acid groups (broad SMARTS) is 2. The number of carbonyl (C=O) groups excluding carboxylic acids is 2. The third-order valence-electron chi connectivity index (χ3n) is 4.89. The van der Waals surface area contributed by atoms with Crippen LogP contribution in [0.15, 0.2) is 21.6 Å². The highest BCUT2D eigenvalue weighted by Gasteiger charge is 2.61. The van der Waals surface area contributed by atoms with Crippen molar-refractivity contribution in [1.82, 2.24) is 0 Å². The number of hydrogen-bond acceptors (Lipinski definition) is 6. The Hall–Kier alpha value is -2.56. The van der Waals surface area contributed by atoms with Gasteiger partial charge in [0.15, 0.2) is 0 Å². The Kier molecular flexibility index (Phi) is 6.77. The monoisotopic (exact) mass is 336 g/mol. The van der Waals surface area contributed by atoms with Gasteiger partial charge in [-0.15, -0.1) is 0 Å². The van der Waals surface area contributed by atoms with Crippen LogP contribution in [0.5, 0.6) is 0 Å². The maximum Gasteiger partial charge on any atom is 0.311 e. The molecule has 24 heavy (non-hydrogen) atoms. The zero-order valence-electron chi connectivity index (χ0n) is 13.4. The molecule has 1 aliphatic rings. The molecule has 2 N–H and O–H groups in total. The zero-order chi connectivity index (χ0) is 18.2. The summed E-state index contributed by atoms with van der Waals surface area (Å²) in [5.74, 6) is -2.51. The molecule has 8 heteroatoms. The van der Waals surface area contributed by atoms with Gasteiger partial charge in [0.05, 0.1) is 23.9 Å². The van der Waals surface area contributed by atoms with Crippen LogP contribution in [0, 0.1) is 10.8 Å². The number of carbonyl (C=O) groups is 2. The van der Waals surface area contributed by atoms with Crippen molar-refractivity contribution < 1.29 is 29.4 Å². The van der Waals surface area contributed by atoms with Gasteiger partial charge in [0.25, 0.3) is 0 Å². The smallest absolute Gasteiger partial charge is 0.311 e. The van der Waals surface area contributed by atoms with Crippen molar-refractivity contribution in [2.24, 2.45) is 20.8 Å². The third-order valence-corrected chi connectivity index (χ3v) is 4.89.